The van der Waals surface area contributed by atoms with Gasteiger partial charge in [0.2, 0.25) is 5.89 Å². The minimum Gasteiger partial charge on any atom is -0.497 e. The standard InChI is InChI=1S/C27H24N4O3S/c1-18-7-6-10-21(15-18)26-28-29-27(34-26)35-17-25(32)31-24(20-11-13-22(33-2)14-12-20)16-23(30-31)19-8-4-3-5-9-19/h3-15,24H,16-17H2,1-2H3/t24-/m1/s1. The number of carbonyl (C=O) groups is 1. The van der Waals surface area contributed by atoms with Gasteiger partial charge in [-0.25, -0.2) is 5.01 Å². The Balaban J connectivity index is 1.34. The molecule has 0 saturated carbocycles. The van der Waals surface area contributed by atoms with Gasteiger partial charge in [0, 0.05) is 12.0 Å². The van der Waals surface area contributed by atoms with Crippen molar-refractivity contribution in [1.82, 2.24) is 15.2 Å². The van der Waals surface area contributed by atoms with Gasteiger partial charge in [0.15, 0.2) is 0 Å². The zero-order chi connectivity index (χ0) is 24.2. The Hall–Kier alpha value is -3.91. The molecule has 35 heavy (non-hydrogen) atoms. The van der Waals surface area contributed by atoms with Crippen LogP contribution in [0.1, 0.15) is 29.2 Å². The largest absolute Gasteiger partial charge is 0.497 e. The van der Waals surface area contributed by atoms with Gasteiger partial charge in [-0.2, -0.15) is 5.10 Å². The second-order valence-electron chi connectivity index (χ2n) is 8.18. The van der Waals surface area contributed by atoms with E-state index in [1.807, 2.05) is 85.8 Å². The van der Waals surface area contributed by atoms with Gasteiger partial charge in [-0.05, 0) is 42.3 Å². The molecule has 1 atom stereocenters. The Morgan fingerprint density at radius 3 is 2.54 bits per heavy atom. The van der Waals surface area contributed by atoms with Crippen LogP contribution in [-0.2, 0) is 4.79 Å². The maximum Gasteiger partial charge on any atom is 0.277 e. The summed E-state index contributed by atoms with van der Waals surface area (Å²) < 4.78 is 11.1. The highest BCUT2D eigenvalue weighted by Crippen LogP contribution is 2.34. The van der Waals surface area contributed by atoms with Gasteiger partial charge in [-0.1, -0.05) is 71.9 Å². The lowest BCUT2D eigenvalue weighted by molar-refractivity contribution is -0.130. The third-order valence-electron chi connectivity index (χ3n) is 5.76. The average Bonchev–Trinajstić information content (AvgIpc) is 3.56. The van der Waals surface area contributed by atoms with E-state index in [1.54, 1.807) is 12.1 Å². The summed E-state index contributed by atoms with van der Waals surface area (Å²) >= 11 is 1.21. The summed E-state index contributed by atoms with van der Waals surface area (Å²) in [6.45, 7) is 2.01. The van der Waals surface area contributed by atoms with E-state index < -0.39 is 0 Å². The normalized spacial score (nSPS) is 15.2. The van der Waals surface area contributed by atoms with Crippen LogP contribution in [0.2, 0.25) is 0 Å². The Kier molecular flexibility index (Phi) is 6.63. The molecule has 0 bridgehead atoms. The number of rotatable bonds is 7. The minimum absolute atomic E-state index is 0.128. The van der Waals surface area contributed by atoms with E-state index in [4.69, 9.17) is 14.3 Å². The summed E-state index contributed by atoms with van der Waals surface area (Å²) in [5, 5.41) is 14.9. The predicted molar refractivity (Wildman–Crippen MR) is 135 cm³/mol. The molecule has 0 aliphatic carbocycles. The number of nitrogens with zero attached hydrogens (tertiary/aromatic N) is 4. The SMILES string of the molecule is COc1ccc([C@H]2CC(c3ccccc3)=NN2C(=O)CSc2nnc(-c3cccc(C)c3)o2)cc1. The van der Waals surface area contributed by atoms with Crippen LogP contribution < -0.4 is 4.74 Å². The lowest BCUT2D eigenvalue weighted by Crippen LogP contribution is -2.28. The van der Waals surface area contributed by atoms with Crippen molar-refractivity contribution in [2.75, 3.05) is 12.9 Å². The Morgan fingerprint density at radius 2 is 1.80 bits per heavy atom. The zero-order valence-electron chi connectivity index (χ0n) is 19.4. The number of methoxy groups -OCH3 is 1. The van der Waals surface area contributed by atoms with Gasteiger partial charge in [-0.15, -0.1) is 10.2 Å². The van der Waals surface area contributed by atoms with Crippen LogP contribution in [0.5, 0.6) is 5.75 Å². The quantitative estimate of drug-likeness (QED) is 0.321. The van der Waals surface area contributed by atoms with Crippen molar-refractivity contribution in [1.29, 1.82) is 0 Å². The van der Waals surface area contributed by atoms with Crippen LogP contribution in [0.15, 0.2) is 93.6 Å². The first kappa shape index (κ1) is 22.9. The molecule has 1 amide bonds. The smallest absolute Gasteiger partial charge is 0.277 e. The first-order chi connectivity index (χ1) is 17.1. The lowest BCUT2D eigenvalue weighted by atomic mass is 9.98. The molecule has 5 rings (SSSR count). The molecule has 0 N–H and O–H groups in total. The van der Waals surface area contributed by atoms with E-state index >= 15 is 0 Å². The Labute approximate surface area is 207 Å². The molecule has 0 fully saturated rings. The van der Waals surface area contributed by atoms with Crippen molar-refractivity contribution in [2.24, 2.45) is 5.10 Å². The van der Waals surface area contributed by atoms with Crippen molar-refractivity contribution in [3.05, 3.63) is 95.6 Å². The van der Waals surface area contributed by atoms with Crippen molar-refractivity contribution >= 4 is 23.4 Å². The number of benzene rings is 3. The second kappa shape index (κ2) is 10.1. The van der Waals surface area contributed by atoms with Crippen LogP contribution in [0.3, 0.4) is 0 Å². The molecule has 0 spiro atoms. The number of hydrogen-bond donors (Lipinski definition) is 0. The molecular weight excluding hydrogens is 460 g/mol. The Bertz CT molecular complexity index is 1350. The van der Waals surface area contributed by atoms with E-state index in [-0.39, 0.29) is 17.7 Å². The predicted octanol–water partition coefficient (Wildman–Crippen LogP) is 5.52. The fourth-order valence-electron chi connectivity index (χ4n) is 3.98. The van der Waals surface area contributed by atoms with Gasteiger partial charge in [-0.3, -0.25) is 4.79 Å². The molecule has 176 valence electrons. The molecule has 2 heterocycles. The van der Waals surface area contributed by atoms with Gasteiger partial charge >= 0.3 is 0 Å². The number of aryl methyl sites for hydroxylation is 1. The molecule has 4 aromatic rings. The fraction of sp³-hybridized carbons (Fsp3) is 0.185. The second-order valence-corrected chi connectivity index (χ2v) is 9.10. The van der Waals surface area contributed by atoms with Crippen molar-refractivity contribution < 1.29 is 13.9 Å². The zero-order valence-corrected chi connectivity index (χ0v) is 20.2. The van der Waals surface area contributed by atoms with Crippen LogP contribution >= 0.6 is 11.8 Å². The first-order valence-electron chi connectivity index (χ1n) is 11.2. The number of hydrazone groups is 1. The number of carbonyl (C=O) groups excluding carboxylic acids is 1. The summed E-state index contributed by atoms with van der Waals surface area (Å²) in [5.41, 5.74) is 4.85. The first-order valence-corrected chi connectivity index (χ1v) is 12.2. The highest BCUT2D eigenvalue weighted by Gasteiger charge is 2.33. The van der Waals surface area contributed by atoms with Gasteiger partial charge < -0.3 is 9.15 Å². The van der Waals surface area contributed by atoms with E-state index in [0.717, 1.165) is 33.7 Å². The topological polar surface area (TPSA) is 80.8 Å². The minimum atomic E-state index is -0.199. The molecule has 0 saturated heterocycles. The third-order valence-corrected chi connectivity index (χ3v) is 6.57. The molecule has 1 aliphatic heterocycles. The van der Waals surface area contributed by atoms with E-state index in [9.17, 15) is 4.79 Å². The third kappa shape index (κ3) is 5.12. The van der Waals surface area contributed by atoms with Gasteiger partial charge in [0.05, 0.1) is 24.6 Å². The van der Waals surface area contributed by atoms with Crippen molar-refractivity contribution in [2.45, 2.75) is 24.6 Å². The van der Waals surface area contributed by atoms with E-state index in [2.05, 4.69) is 10.2 Å². The number of aromatic nitrogens is 2. The molecule has 3 aromatic carbocycles. The summed E-state index contributed by atoms with van der Waals surface area (Å²) in [7, 11) is 1.64. The summed E-state index contributed by atoms with van der Waals surface area (Å²) in [4.78, 5) is 13.3. The summed E-state index contributed by atoms with van der Waals surface area (Å²) in [5.74, 6) is 1.21. The maximum absolute atomic E-state index is 13.3. The number of amides is 1. The summed E-state index contributed by atoms with van der Waals surface area (Å²) in [6, 6.07) is 25.4. The molecule has 0 unspecified atom stereocenters. The Morgan fingerprint density at radius 1 is 1.03 bits per heavy atom. The van der Waals surface area contributed by atoms with Crippen LogP contribution in [-0.4, -0.2) is 39.7 Å². The maximum atomic E-state index is 13.3. The van der Waals surface area contributed by atoms with Crippen molar-refractivity contribution in [3.8, 4) is 17.2 Å². The van der Waals surface area contributed by atoms with Gasteiger partial charge in [0.1, 0.15) is 5.75 Å². The molecule has 7 nitrogen and oxygen atoms in total. The molecule has 8 heteroatoms. The number of ether oxygens (including phenoxy) is 1. The molecule has 1 aliphatic rings. The highest BCUT2D eigenvalue weighted by molar-refractivity contribution is 7.99. The monoisotopic (exact) mass is 484 g/mol. The van der Waals surface area contributed by atoms with Crippen LogP contribution in [0.25, 0.3) is 11.5 Å². The number of hydrogen-bond acceptors (Lipinski definition) is 7. The molecule has 1 aromatic heterocycles. The summed E-state index contributed by atoms with van der Waals surface area (Å²) in [6.07, 6.45) is 0.630. The van der Waals surface area contributed by atoms with E-state index in [1.165, 1.54) is 11.8 Å². The van der Waals surface area contributed by atoms with Crippen LogP contribution in [0, 0.1) is 6.92 Å². The fourth-order valence-corrected chi connectivity index (χ4v) is 4.60. The highest BCUT2D eigenvalue weighted by atomic mass is 32.2. The van der Waals surface area contributed by atoms with Crippen LogP contribution in [0.4, 0.5) is 0 Å². The van der Waals surface area contributed by atoms with Gasteiger partial charge in [0.25, 0.3) is 11.1 Å². The average molecular weight is 485 g/mol. The van der Waals surface area contributed by atoms with E-state index in [0.29, 0.717) is 17.5 Å². The van der Waals surface area contributed by atoms with Crippen molar-refractivity contribution in [3.63, 3.8) is 0 Å². The molecular formula is C27H24N4O3S. The molecule has 0 radical (unpaired) electrons. The number of thioether (sulfide) groups is 1. The lowest BCUT2D eigenvalue weighted by Gasteiger charge is -2.22.